The molecule has 2 heterocycles. The minimum Gasteiger partial charge on any atom is -0.619 e. The Kier molecular flexibility index (Phi) is 3.97. The van der Waals surface area contributed by atoms with Crippen molar-refractivity contribution < 1.29 is 19.1 Å². The van der Waals surface area contributed by atoms with E-state index in [-0.39, 0.29) is 11.5 Å². The van der Waals surface area contributed by atoms with E-state index in [9.17, 15) is 14.8 Å². The molecule has 0 aliphatic carbocycles. The molecule has 1 aromatic heterocycles. The quantitative estimate of drug-likeness (QED) is 0.488. The Bertz CT molecular complexity index is 743. The predicted octanol–water partition coefficient (Wildman–Crippen LogP) is 1.45. The van der Waals surface area contributed by atoms with Crippen molar-refractivity contribution in [3.63, 3.8) is 0 Å². The number of para-hydroxylation sites is 1. The van der Waals surface area contributed by atoms with Crippen LogP contribution in [0.2, 0.25) is 0 Å². The van der Waals surface area contributed by atoms with Gasteiger partial charge in [0.15, 0.2) is 18.5 Å². The fraction of sp³-hybridized carbons (Fsp3) is 0.235. The number of ether oxygens (including phenoxy) is 1. The third-order valence-electron chi connectivity index (χ3n) is 3.82. The van der Waals surface area contributed by atoms with Crippen molar-refractivity contribution in [2.45, 2.75) is 19.4 Å². The minimum atomic E-state index is -0.895. The molecule has 1 aliphatic heterocycles. The average Bonchev–Trinajstić information content (AvgIpc) is 2.98. The molecule has 1 aliphatic rings. The maximum Gasteiger partial charge on any atom is 0.339 e. The third kappa shape index (κ3) is 3.01. The molecule has 1 amide bonds. The highest BCUT2D eigenvalue weighted by atomic mass is 16.5. The molecule has 6 nitrogen and oxygen atoms in total. The summed E-state index contributed by atoms with van der Waals surface area (Å²) in [5.41, 5.74) is 2.22. The first-order valence-electron chi connectivity index (χ1n) is 7.35. The predicted molar refractivity (Wildman–Crippen MR) is 82.8 cm³/mol. The number of anilines is 1. The highest BCUT2D eigenvalue weighted by Gasteiger charge is 2.29. The lowest BCUT2D eigenvalue weighted by molar-refractivity contribution is -0.605. The number of pyridine rings is 1. The van der Waals surface area contributed by atoms with Crippen molar-refractivity contribution in [3.05, 3.63) is 65.1 Å². The molecule has 0 fully saturated rings. The molecule has 0 N–H and O–H groups in total. The second kappa shape index (κ2) is 6.08. The number of hydrogen-bond donors (Lipinski definition) is 0. The Balaban J connectivity index is 1.69. The molecule has 0 bridgehead atoms. The van der Waals surface area contributed by atoms with E-state index < -0.39 is 12.1 Å². The number of benzene rings is 1. The summed E-state index contributed by atoms with van der Waals surface area (Å²) in [6, 6.07) is 10.4. The minimum absolute atomic E-state index is 0.235. The lowest BCUT2D eigenvalue weighted by Gasteiger charge is -2.21. The third-order valence-corrected chi connectivity index (χ3v) is 3.82. The van der Waals surface area contributed by atoms with Crippen LogP contribution < -0.4 is 9.63 Å². The average molecular weight is 312 g/mol. The van der Waals surface area contributed by atoms with E-state index in [0.29, 0.717) is 11.3 Å². The van der Waals surface area contributed by atoms with Crippen LogP contribution in [0.15, 0.2) is 48.8 Å². The molecule has 1 atom stereocenters. The van der Waals surface area contributed by atoms with Gasteiger partial charge in [-0.3, -0.25) is 4.79 Å². The Morgan fingerprint density at radius 3 is 2.65 bits per heavy atom. The molecule has 3 rings (SSSR count). The molecule has 118 valence electrons. The van der Waals surface area contributed by atoms with Gasteiger partial charge in [-0.05, 0) is 25.0 Å². The van der Waals surface area contributed by atoms with Crippen LogP contribution in [0.25, 0.3) is 0 Å². The van der Waals surface area contributed by atoms with E-state index in [2.05, 4.69) is 0 Å². The van der Waals surface area contributed by atoms with E-state index in [1.54, 1.807) is 11.8 Å². The fourth-order valence-corrected chi connectivity index (χ4v) is 2.61. The van der Waals surface area contributed by atoms with Crippen molar-refractivity contribution in [2.24, 2.45) is 0 Å². The molecule has 0 saturated heterocycles. The molecule has 23 heavy (non-hydrogen) atoms. The van der Waals surface area contributed by atoms with Gasteiger partial charge in [0.05, 0.1) is 5.56 Å². The fourth-order valence-electron chi connectivity index (χ4n) is 2.61. The summed E-state index contributed by atoms with van der Waals surface area (Å²) < 4.78 is 5.80. The Labute approximate surface area is 133 Å². The van der Waals surface area contributed by atoms with Gasteiger partial charge < -0.3 is 14.8 Å². The topological polar surface area (TPSA) is 73.5 Å². The first-order chi connectivity index (χ1) is 11.1. The van der Waals surface area contributed by atoms with E-state index in [0.717, 1.165) is 17.7 Å². The SMILES string of the molecule is C[C@H](OC(=O)c1cc[n+]([O-])cc1)C(=O)N1CCc2ccccc21. The second-order valence-corrected chi connectivity index (χ2v) is 5.36. The van der Waals surface area contributed by atoms with Crippen LogP contribution in [0.4, 0.5) is 5.69 Å². The van der Waals surface area contributed by atoms with Crippen LogP contribution in [0.5, 0.6) is 0 Å². The highest BCUT2D eigenvalue weighted by molar-refractivity contribution is 6.00. The van der Waals surface area contributed by atoms with Crippen molar-refractivity contribution in [3.8, 4) is 0 Å². The van der Waals surface area contributed by atoms with E-state index in [4.69, 9.17) is 4.74 Å². The molecule has 6 heteroatoms. The van der Waals surface area contributed by atoms with Crippen LogP contribution in [-0.4, -0.2) is 24.5 Å². The van der Waals surface area contributed by atoms with Gasteiger partial charge in [-0.1, -0.05) is 18.2 Å². The number of amides is 1. The lowest BCUT2D eigenvalue weighted by Crippen LogP contribution is -2.39. The number of esters is 1. The molecule has 0 saturated carbocycles. The van der Waals surface area contributed by atoms with Gasteiger partial charge in [0, 0.05) is 24.4 Å². The number of hydrogen-bond acceptors (Lipinski definition) is 4. The number of nitrogens with zero attached hydrogens (tertiary/aromatic N) is 2. The van der Waals surface area contributed by atoms with Gasteiger partial charge in [0.1, 0.15) is 0 Å². The molecule has 0 radical (unpaired) electrons. The number of fused-ring (bicyclic) bond motifs is 1. The van der Waals surface area contributed by atoms with Gasteiger partial charge in [-0.15, -0.1) is 0 Å². The summed E-state index contributed by atoms with van der Waals surface area (Å²) in [4.78, 5) is 26.2. The Morgan fingerprint density at radius 2 is 1.91 bits per heavy atom. The smallest absolute Gasteiger partial charge is 0.339 e. The highest BCUT2D eigenvalue weighted by Crippen LogP contribution is 2.28. The zero-order valence-corrected chi connectivity index (χ0v) is 12.6. The largest absolute Gasteiger partial charge is 0.619 e. The molecular weight excluding hydrogens is 296 g/mol. The van der Waals surface area contributed by atoms with Crippen LogP contribution in [0, 0.1) is 5.21 Å². The summed E-state index contributed by atoms with van der Waals surface area (Å²) in [6.45, 7) is 2.14. The normalized spacial score (nSPS) is 14.2. The van der Waals surface area contributed by atoms with Crippen LogP contribution in [0.1, 0.15) is 22.8 Å². The molecule has 0 spiro atoms. The van der Waals surface area contributed by atoms with E-state index in [1.165, 1.54) is 24.5 Å². The molecule has 2 aromatic rings. The van der Waals surface area contributed by atoms with Gasteiger partial charge in [-0.2, -0.15) is 4.73 Å². The van der Waals surface area contributed by atoms with Gasteiger partial charge in [0.25, 0.3) is 5.91 Å². The van der Waals surface area contributed by atoms with Crippen LogP contribution in [0.3, 0.4) is 0 Å². The summed E-state index contributed by atoms with van der Waals surface area (Å²) in [6.07, 6.45) is 2.32. The Hall–Kier alpha value is -2.89. The van der Waals surface area contributed by atoms with Crippen LogP contribution >= 0.6 is 0 Å². The second-order valence-electron chi connectivity index (χ2n) is 5.36. The van der Waals surface area contributed by atoms with Gasteiger partial charge >= 0.3 is 5.97 Å². The van der Waals surface area contributed by atoms with Crippen LogP contribution in [-0.2, 0) is 16.0 Å². The first kappa shape index (κ1) is 15.0. The summed E-state index contributed by atoms with van der Waals surface area (Å²) >= 11 is 0. The van der Waals surface area contributed by atoms with Gasteiger partial charge in [0.2, 0.25) is 0 Å². The molecule has 1 aromatic carbocycles. The zero-order chi connectivity index (χ0) is 16.4. The van der Waals surface area contributed by atoms with Crippen molar-refractivity contribution in [2.75, 3.05) is 11.4 Å². The number of carbonyl (C=O) groups is 2. The van der Waals surface area contributed by atoms with Crippen molar-refractivity contribution in [1.29, 1.82) is 0 Å². The van der Waals surface area contributed by atoms with Gasteiger partial charge in [-0.25, -0.2) is 4.79 Å². The summed E-state index contributed by atoms with van der Waals surface area (Å²) in [7, 11) is 0. The zero-order valence-electron chi connectivity index (χ0n) is 12.6. The number of carbonyl (C=O) groups excluding carboxylic acids is 2. The number of rotatable bonds is 3. The van der Waals surface area contributed by atoms with E-state index in [1.807, 2.05) is 24.3 Å². The number of aromatic nitrogens is 1. The monoisotopic (exact) mass is 312 g/mol. The first-order valence-corrected chi connectivity index (χ1v) is 7.35. The lowest BCUT2D eigenvalue weighted by atomic mass is 10.2. The summed E-state index contributed by atoms with van der Waals surface area (Å²) in [5, 5.41) is 11.0. The Morgan fingerprint density at radius 1 is 1.22 bits per heavy atom. The summed E-state index contributed by atoms with van der Waals surface area (Å²) in [5.74, 6) is -0.878. The standard InChI is InChI=1S/C17H16N2O4/c1-12(23-17(21)14-6-9-18(22)10-7-14)16(20)19-11-8-13-4-2-3-5-15(13)19/h2-7,9-10,12H,8,11H2,1H3/t12-/m0/s1. The molecular formula is C17H16N2O4. The maximum atomic E-state index is 12.5. The van der Waals surface area contributed by atoms with E-state index >= 15 is 0 Å². The molecule has 0 unspecified atom stereocenters. The van der Waals surface area contributed by atoms with Crippen molar-refractivity contribution >= 4 is 17.6 Å². The van der Waals surface area contributed by atoms with Crippen molar-refractivity contribution in [1.82, 2.24) is 0 Å². The maximum absolute atomic E-state index is 12.5.